The molecule has 1 heterocycles. The molecule has 0 aliphatic carbocycles. The zero-order valence-corrected chi connectivity index (χ0v) is 13.2. The number of ether oxygens (including phenoxy) is 1. The SMILES string of the molecule is COc1c(Cl)cccc1NC(=O)Nc1nc2ccccc2s1. The maximum atomic E-state index is 12.1. The number of hydrogen-bond acceptors (Lipinski definition) is 4. The van der Waals surface area contributed by atoms with Gasteiger partial charge in [0.05, 0.1) is 28.0 Å². The van der Waals surface area contributed by atoms with Crippen LogP contribution in [0.5, 0.6) is 5.75 Å². The lowest BCUT2D eigenvalue weighted by Gasteiger charge is -2.11. The van der Waals surface area contributed by atoms with Crippen molar-refractivity contribution in [1.29, 1.82) is 0 Å². The molecule has 3 rings (SSSR count). The molecule has 5 nitrogen and oxygen atoms in total. The number of methoxy groups -OCH3 is 1. The number of halogens is 1. The third-order valence-electron chi connectivity index (χ3n) is 2.93. The normalized spacial score (nSPS) is 10.5. The average Bonchev–Trinajstić information content (AvgIpc) is 2.89. The standard InChI is InChI=1S/C15H12ClN3O2S/c1-21-13-9(16)5-4-7-11(13)17-14(20)19-15-18-10-6-2-3-8-12(10)22-15/h2-8H,1H3,(H2,17,18,19,20). The summed E-state index contributed by atoms with van der Waals surface area (Å²) in [6, 6.07) is 12.4. The van der Waals surface area contributed by atoms with Gasteiger partial charge in [0.25, 0.3) is 0 Å². The maximum absolute atomic E-state index is 12.1. The topological polar surface area (TPSA) is 63.2 Å². The van der Waals surface area contributed by atoms with Gasteiger partial charge >= 0.3 is 6.03 Å². The van der Waals surface area contributed by atoms with Gasteiger partial charge in [-0.3, -0.25) is 5.32 Å². The third-order valence-corrected chi connectivity index (χ3v) is 4.18. The summed E-state index contributed by atoms with van der Waals surface area (Å²) in [5.41, 5.74) is 1.34. The van der Waals surface area contributed by atoms with Gasteiger partial charge in [-0.1, -0.05) is 41.1 Å². The van der Waals surface area contributed by atoms with Crippen molar-refractivity contribution in [2.24, 2.45) is 0 Å². The Morgan fingerprint density at radius 1 is 1.18 bits per heavy atom. The fourth-order valence-electron chi connectivity index (χ4n) is 1.99. The van der Waals surface area contributed by atoms with E-state index in [0.717, 1.165) is 10.2 Å². The van der Waals surface area contributed by atoms with Gasteiger partial charge in [0.2, 0.25) is 0 Å². The lowest BCUT2D eigenvalue weighted by molar-refractivity contribution is 0.262. The molecule has 0 radical (unpaired) electrons. The maximum Gasteiger partial charge on any atom is 0.325 e. The molecule has 7 heteroatoms. The number of hydrogen-bond donors (Lipinski definition) is 2. The zero-order valence-electron chi connectivity index (χ0n) is 11.6. The Kier molecular flexibility index (Phi) is 4.13. The molecule has 3 aromatic rings. The first-order valence-electron chi connectivity index (χ1n) is 6.43. The third kappa shape index (κ3) is 2.98. The molecule has 0 bridgehead atoms. The smallest absolute Gasteiger partial charge is 0.325 e. The number of carbonyl (C=O) groups is 1. The number of para-hydroxylation sites is 2. The minimum Gasteiger partial charge on any atom is -0.493 e. The van der Waals surface area contributed by atoms with Crippen molar-refractivity contribution in [3.8, 4) is 5.75 Å². The Bertz CT molecular complexity index is 802. The summed E-state index contributed by atoms with van der Waals surface area (Å²) < 4.78 is 6.20. The van der Waals surface area contributed by atoms with Crippen LogP contribution in [0.1, 0.15) is 0 Å². The van der Waals surface area contributed by atoms with Gasteiger partial charge < -0.3 is 10.1 Å². The minimum atomic E-state index is -0.403. The largest absolute Gasteiger partial charge is 0.493 e. The summed E-state index contributed by atoms with van der Waals surface area (Å²) in [6.45, 7) is 0. The summed E-state index contributed by atoms with van der Waals surface area (Å²) >= 11 is 7.43. The summed E-state index contributed by atoms with van der Waals surface area (Å²) in [7, 11) is 1.50. The van der Waals surface area contributed by atoms with Crippen molar-refractivity contribution in [1.82, 2.24) is 4.98 Å². The van der Waals surface area contributed by atoms with Crippen LogP contribution >= 0.6 is 22.9 Å². The highest BCUT2D eigenvalue weighted by atomic mass is 35.5. The molecular weight excluding hydrogens is 322 g/mol. The van der Waals surface area contributed by atoms with E-state index in [1.807, 2.05) is 24.3 Å². The summed E-state index contributed by atoms with van der Waals surface area (Å²) in [4.78, 5) is 16.4. The fourth-order valence-corrected chi connectivity index (χ4v) is 3.10. The van der Waals surface area contributed by atoms with Crippen LogP contribution in [-0.2, 0) is 0 Å². The highest BCUT2D eigenvalue weighted by Crippen LogP contribution is 2.32. The molecule has 1 aromatic heterocycles. The van der Waals surface area contributed by atoms with Crippen LogP contribution in [0.4, 0.5) is 15.6 Å². The van der Waals surface area contributed by atoms with E-state index in [1.54, 1.807) is 18.2 Å². The van der Waals surface area contributed by atoms with Crippen molar-refractivity contribution < 1.29 is 9.53 Å². The highest BCUT2D eigenvalue weighted by Gasteiger charge is 2.12. The van der Waals surface area contributed by atoms with Crippen molar-refractivity contribution in [3.63, 3.8) is 0 Å². The van der Waals surface area contributed by atoms with Crippen LogP contribution in [0, 0.1) is 0 Å². The van der Waals surface area contributed by atoms with E-state index in [0.29, 0.717) is 21.6 Å². The molecule has 0 atom stereocenters. The van der Waals surface area contributed by atoms with Gasteiger partial charge in [-0.25, -0.2) is 9.78 Å². The average molecular weight is 334 g/mol. The molecule has 0 spiro atoms. The predicted octanol–water partition coefficient (Wildman–Crippen LogP) is 4.60. The zero-order chi connectivity index (χ0) is 15.5. The number of benzene rings is 2. The van der Waals surface area contributed by atoms with Crippen molar-refractivity contribution in [2.75, 3.05) is 17.7 Å². The number of nitrogens with one attached hydrogen (secondary N) is 2. The Morgan fingerprint density at radius 2 is 2.00 bits per heavy atom. The number of anilines is 2. The van der Waals surface area contributed by atoms with Crippen LogP contribution in [0.2, 0.25) is 5.02 Å². The van der Waals surface area contributed by atoms with E-state index in [2.05, 4.69) is 15.6 Å². The van der Waals surface area contributed by atoms with Crippen molar-refractivity contribution in [3.05, 3.63) is 47.5 Å². The first-order valence-corrected chi connectivity index (χ1v) is 7.63. The molecule has 0 unspecified atom stereocenters. The summed E-state index contributed by atoms with van der Waals surface area (Å²) in [6.07, 6.45) is 0. The number of urea groups is 1. The van der Waals surface area contributed by atoms with Crippen LogP contribution in [0.15, 0.2) is 42.5 Å². The number of aromatic nitrogens is 1. The second-order valence-corrected chi connectivity index (χ2v) is 5.82. The van der Waals surface area contributed by atoms with Gasteiger partial charge in [0, 0.05) is 0 Å². The number of amides is 2. The van der Waals surface area contributed by atoms with E-state index in [1.165, 1.54) is 18.4 Å². The van der Waals surface area contributed by atoms with Gasteiger partial charge in [-0.2, -0.15) is 0 Å². The lowest BCUT2D eigenvalue weighted by Crippen LogP contribution is -2.19. The minimum absolute atomic E-state index is 0.403. The van der Waals surface area contributed by atoms with E-state index >= 15 is 0 Å². The number of rotatable bonds is 3. The second-order valence-electron chi connectivity index (χ2n) is 4.39. The molecule has 112 valence electrons. The van der Waals surface area contributed by atoms with Crippen LogP contribution in [0.25, 0.3) is 10.2 Å². The van der Waals surface area contributed by atoms with Gasteiger partial charge in [-0.05, 0) is 24.3 Å². The quantitative estimate of drug-likeness (QED) is 0.736. The molecule has 0 aliphatic rings. The summed E-state index contributed by atoms with van der Waals surface area (Å²) in [5, 5.41) is 6.37. The Balaban J connectivity index is 1.76. The molecule has 2 amide bonds. The molecule has 2 aromatic carbocycles. The Morgan fingerprint density at radius 3 is 2.77 bits per heavy atom. The van der Waals surface area contributed by atoms with Crippen molar-refractivity contribution in [2.45, 2.75) is 0 Å². The number of thiazole rings is 1. The number of carbonyl (C=O) groups excluding carboxylic acids is 1. The molecule has 0 saturated heterocycles. The number of fused-ring (bicyclic) bond motifs is 1. The monoisotopic (exact) mass is 333 g/mol. The van der Waals surface area contributed by atoms with Crippen LogP contribution < -0.4 is 15.4 Å². The molecule has 0 fully saturated rings. The first kappa shape index (κ1) is 14.6. The second kappa shape index (κ2) is 6.21. The molecule has 22 heavy (non-hydrogen) atoms. The Hall–Kier alpha value is -2.31. The van der Waals surface area contributed by atoms with Gasteiger partial charge in [0.15, 0.2) is 10.9 Å². The molecular formula is C15H12ClN3O2S. The van der Waals surface area contributed by atoms with E-state index in [9.17, 15) is 4.79 Å². The van der Waals surface area contributed by atoms with E-state index in [-0.39, 0.29) is 0 Å². The van der Waals surface area contributed by atoms with E-state index in [4.69, 9.17) is 16.3 Å². The van der Waals surface area contributed by atoms with Crippen LogP contribution in [0.3, 0.4) is 0 Å². The van der Waals surface area contributed by atoms with Gasteiger partial charge in [-0.15, -0.1) is 0 Å². The highest BCUT2D eigenvalue weighted by molar-refractivity contribution is 7.22. The molecule has 0 aliphatic heterocycles. The van der Waals surface area contributed by atoms with Crippen molar-refractivity contribution >= 4 is 50.0 Å². The fraction of sp³-hybridized carbons (Fsp3) is 0.0667. The first-order chi connectivity index (χ1) is 10.7. The predicted molar refractivity (Wildman–Crippen MR) is 90.3 cm³/mol. The van der Waals surface area contributed by atoms with E-state index < -0.39 is 6.03 Å². The Labute approximate surface area is 135 Å². The molecule has 2 N–H and O–H groups in total. The van der Waals surface area contributed by atoms with Crippen LogP contribution in [-0.4, -0.2) is 18.1 Å². The number of nitrogens with zero attached hydrogens (tertiary/aromatic N) is 1. The lowest BCUT2D eigenvalue weighted by atomic mass is 10.3. The van der Waals surface area contributed by atoms with Gasteiger partial charge in [0.1, 0.15) is 0 Å². The molecule has 0 saturated carbocycles. The summed E-state index contributed by atoms with van der Waals surface area (Å²) in [5.74, 6) is 0.420.